The van der Waals surface area contributed by atoms with Crippen molar-refractivity contribution in [3.63, 3.8) is 0 Å². The first-order valence-corrected chi connectivity index (χ1v) is 7.60. The molecule has 0 aromatic carbocycles. The minimum Gasteiger partial charge on any atom is -0.338 e. The highest BCUT2D eigenvalue weighted by Gasteiger charge is 2.30. The van der Waals surface area contributed by atoms with Gasteiger partial charge in [0.2, 0.25) is 10.0 Å². The number of nitrogens with two attached hydrogens (primary N) is 1. The molecule has 0 saturated carbocycles. The maximum atomic E-state index is 11.7. The number of amides is 2. The van der Waals surface area contributed by atoms with Crippen LogP contribution in [0.3, 0.4) is 0 Å². The number of nitrogens with zero attached hydrogens (tertiary/aromatic N) is 1. The van der Waals surface area contributed by atoms with Gasteiger partial charge in [-0.15, -0.1) is 0 Å². The smallest absolute Gasteiger partial charge is 0.317 e. The van der Waals surface area contributed by atoms with E-state index in [1.54, 1.807) is 0 Å². The van der Waals surface area contributed by atoms with Gasteiger partial charge in [-0.3, -0.25) is 0 Å². The summed E-state index contributed by atoms with van der Waals surface area (Å²) in [5.74, 6) is 0. The minimum atomic E-state index is -3.54. The zero-order valence-electron chi connectivity index (χ0n) is 10.2. The van der Waals surface area contributed by atoms with Gasteiger partial charge in [0.05, 0.1) is 5.25 Å². The third-order valence-corrected chi connectivity index (χ3v) is 4.25. The number of nitrogens with one attached hydrogen (secondary N) is 1. The van der Waals surface area contributed by atoms with Crippen LogP contribution in [0.5, 0.6) is 0 Å². The largest absolute Gasteiger partial charge is 0.338 e. The van der Waals surface area contributed by atoms with Gasteiger partial charge in [-0.05, 0) is 19.3 Å². The Morgan fingerprint density at radius 2 is 2.24 bits per heavy atom. The van der Waals surface area contributed by atoms with Gasteiger partial charge in [0, 0.05) is 19.6 Å². The average Bonchev–Trinajstić information content (AvgIpc) is 2.28. The topological polar surface area (TPSA) is 92.5 Å². The normalized spacial score (nSPS) is 21.3. The molecule has 7 heteroatoms. The van der Waals surface area contributed by atoms with E-state index in [0.29, 0.717) is 25.9 Å². The Morgan fingerprint density at radius 1 is 1.53 bits per heavy atom. The van der Waals surface area contributed by atoms with Crippen LogP contribution in [0.2, 0.25) is 0 Å². The number of carbonyl (C=O) groups is 1. The summed E-state index contributed by atoms with van der Waals surface area (Å²) in [4.78, 5) is 13.3. The van der Waals surface area contributed by atoms with E-state index in [1.165, 1.54) is 4.90 Å². The van der Waals surface area contributed by atoms with Crippen molar-refractivity contribution in [1.29, 1.82) is 0 Å². The third kappa shape index (κ3) is 4.51. The Morgan fingerprint density at radius 3 is 2.82 bits per heavy atom. The fourth-order valence-corrected chi connectivity index (χ4v) is 2.76. The second kappa shape index (κ2) is 6.20. The highest BCUT2D eigenvalue weighted by atomic mass is 32.2. The molecule has 0 aromatic heterocycles. The van der Waals surface area contributed by atoms with Gasteiger partial charge in [-0.2, -0.15) is 0 Å². The van der Waals surface area contributed by atoms with E-state index in [0.717, 1.165) is 12.8 Å². The van der Waals surface area contributed by atoms with Crippen LogP contribution in [0.15, 0.2) is 0 Å². The summed E-state index contributed by atoms with van der Waals surface area (Å²) < 4.78 is 22.5. The number of rotatable bonds is 4. The zero-order chi connectivity index (χ0) is 12.9. The molecule has 17 heavy (non-hydrogen) atoms. The first-order chi connectivity index (χ1) is 7.95. The number of unbranched alkanes of at least 4 members (excludes halogenated alkanes) is 1. The molecule has 1 saturated heterocycles. The maximum Gasteiger partial charge on any atom is 0.317 e. The molecule has 3 N–H and O–H groups in total. The van der Waals surface area contributed by atoms with Crippen molar-refractivity contribution in [3.05, 3.63) is 0 Å². The lowest BCUT2D eigenvalue weighted by Crippen LogP contribution is -2.50. The van der Waals surface area contributed by atoms with Gasteiger partial charge in [0.15, 0.2) is 0 Å². The van der Waals surface area contributed by atoms with Crippen LogP contribution in [0.4, 0.5) is 4.79 Å². The molecule has 1 rings (SSSR count). The number of hydrogen-bond acceptors (Lipinski definition) is 3. The van der Waals surface area contributed by atoms with Crippen molar-refractivity contribution in [2.45, 2.75) is 37.9 Å². The predicted molar refractivity (Wildman–Crippen MR) is 66.0 cm³/mol. The van der Waals surface area contributed by atoms with Crippen molar-refractivity contribution in [2.24, 2.45) is 5.14 Å². The quantitative estimate of drug-likeness (QED) is 0.712. The molecular formula is C10H21N3O3S. The van der Waals surface area contributed by atoms with Gasteiger partial charge in [-0.25, -0.2) is 18.4 Å². The van der Waals surface area contributed by atoms with E-state index in [1.807, 2.05) is 6.92 Å². The number of carbonyl (C=O) groups excluding carboxylic acids is 1. The highest BCUT2D eigenvalue weighted by Crippen LogP contribution is 2.15. The van der Waals surface area contributed by atoms with E-state index in [-0.39, 0.29) is 12.6 Å². The molecule has 1 aliphatic rings. The van der Waals surface area contributed by atoms with Crippen LogP contribution >= 0.6 is 0 Å². The lowest BCUT2D eigenvalue weighted by atomic mass is 10.1. The molecule has 2 amide bonds. The second-order valence-electron chi connectivity index (χ2n) is 4.38. The molecular weight excluding hydrogens is 242 g/mol. The number of piperidine rings is 1. The van der Waals surface area contributed by atoms with Gasteiger partial charge >= 0.3 is 6.03 Å². The molecule has 6 nitrogen and oxygen atoms in total. The summed E-state index contributed by atoms with van der Waals surface area (Å²) in [6, 6.07) is -0.188. The highest BCUT2D eigenvalue weighted by molar-refractivity contribution is 7.89. The van der Waals surface area contributed by atoms with Crippen molar-refractivity contribution in [3.8, 4) is 0 Å². The number of primary sulfonamides is 1. The standard InChI is InChI=1S/C10H21N3O3S/c1-2-3-6-12-10(14)13-7-4-5-9(8-13)17(11,15)16/h9H,2-8H2,1H3,(H,12,14)(H2,11,15,16). The second-order valence-corrected chi connectivity index (χ2v) is 6.23. The van der Waals surface area contributed by atoms with E-state index in [2.05, 4.69) is 5.32 Å². The molecule has 0 aromatic rings. The summed E-state index contributed by atoms with van der Waals surface area (Å²) in [6.07, 6.45) is 3.16. The van der Waals surface area contributed by atoms with Crippen LogP contribution < -0.4 is 10.5 Å². The lowest BCUT2D eigenvalue weighted by molar-refractivity contribution is 0.187. The van der Waals surface area contributed by atoms with Gasteiger partial charge in [0.1, 0.15) is 0 Å². The van der Waals surface area contributed by atoms with Crippen molar-refractivity contribution in [1.82, 2.24) is 10.2 Å². The molecule has 1 atom stereocenters. The molecule has 1 unspecified atom stereocenters. The zero-order valence-corrected chi connectivity index (χ0v) is 11.0. The molecule has 100 valence electrons. The fraction of sp³-hybridized carbons (Fsp3) is 0.900. The van der Waals surface area contributed by atoms with Crippen LogP contribution in [-0.2, 0) is 10.0 Å². The van der Waals surface area contributed by atoms with E-state index in [9.17, 15) is 13.2 Å². The fourth-order valence-electron chi connectivity index (χ4n) is 1.87. The molecule has 1 heterocycles. The van der Waals surface area contributed by atoms with Crippen LogP contribution in [0.1, 0.15) is 32.6 Å². The first-order valence-electron chi connectivity index (χ1n) is 5.99. The van der Waals surface area contributed by atoms with Crippen LogP contribution in [-0.4, -0.2) is 44.2 Å². The van der Waals surface area contributed by atoms with Gasteiger partial charge in [0.25, 0.3) is 0 Å². The van der Waals surface area contributed by atoms with Gasteiger partial charge < -0.3 is 10.2 Å². The summed E-state index contributed by atoms with van der Waals surface area (Å²) in [5.41, 5.74) is 0. The Hall–Kier alpha value is -0.820. The van der Waals surface area contributed by atoms with E-state index in [4.69, 9.17) is 5.14 Å². The maximum absolute atomic E-state index is 11.7. The predicted octanol–water partition coefficient (Wildman–Crippen LogP) is 0.249. The molecule has 0 aliphatic carbocycles. The summed E-state index contributed by atoms with van der Waals surface area (Å²) in [6.45, 7) is 3.48. The van der Waals surface area contributed by atoms with Crippen LogP contribution in [0, 0.1) is 0 Å². The van der Waals surface area contributed by atoms with Crippen molar-refractivity contribution in [2.75, 3.05) is 19.6 Å². The number of urea groups is 1. The van der Waals surface area contributed by atoms with Crippen molar-refractivity contribution >= 4 is 16.1 Å². The monoisotopic (exact) mass is 263 g/mol. The van der Waals surface area contributed by atoms with E-state index >= 15 is 0 Å². The Kier molecular flexibility index (Phi) is 5.20. The summed E-state index contributed by atoms with van der Waals surface area (Å²) in [7, 11) is -3.54. The Labute approximate surface area is 103 Å². The number of likely N-dealkylation sites (tertiary alicyclic amines) is 1. The molecule has 0 spiro atoms. The Balaban J connectivity index is 2.46. The molecule has 1 aliphatic heterocycles. The average molecular weight is 263 g/mol. The Bertz CT molecular complexity index is 356. The number of sulfonamides is 1. The molecule has 0 radical (unpaired) electrons. The lowest BCUT2D eigenvalue weighted by Gasteiger charge is -2.31. The summed E-state index contributed by atoms with van der Waals surface area (Å²) in [5, 5.41) is 7.27. The first kappa shape index (κ1) is 14.2. The van der Waals surface area contributed by atoms with Crippen molar-refractivity contribution < 1.29 is 13.2 Å². The summed E-state index contributed by atoms with van der Waals surface area (Å²) >= 11 is 0. The number of hydrogen-bond donors (Lipinski definition) is 2. The third-order valence-electron chi connectivity index (χ3n) is 2.94. The van der Waals surface area contributed by atoms with Crippen LogP contribution in [0.25, 0.3) is 0 Å². The van der Waals surface area contributed by atoms with Gasteiger partial charge in [-0.1, -0.05) is 13.3 Å². The van der Waals surface area contributed by atoms with E-state index < -0.39 is 15.3 Å². The molecule has 0 bridgehead atoms. The minimum absolute atomic E-state index is 0.188. The molecule has 1 fully saturated rings. The SMILES string of the molecule is CCCCNC(=O)N1CCCC(S(N)(=O)=O)C1.